The monoisotopic (exact) mass is 406 g/mol. The van der Waals surface area contributed by atoms with E-state index in [-0.39, 0.29) is 34.4 Å². The van der Waals surface area contributed by atoms with Gasteiger partial charge in [0, 0.05) is 22.7 Å². The molecule has 27 heavy (non-hydrogen) atoms. The number of anilines is 1. The van der Waals surface area contributed by atoms with Gasteiger partial charge in [0.1, 0.15) is 5.84 Å². The van der Waals surface area contributed by atoms with Crippen molar-refractivity contribution in [2.75, 3.05) is 5.01 Å². The quantitative estimate of drug-likeness (QED) is 0.619. The summed E-state index contributed by atoms with van der Waals surface area (Å²) < 4.78 is 0. The molecule has 1 N–H and O–H groups in total. The number of nitrogens with one attached hydrogen (secondary N) is 1. The minimum Gasteiger partial charge on any atom is -0.308 e. The third-order valence-electron chi connectivity index (χ3n) is 3.78. The SMILES string of the molecule is Cc1cc(Cl)cc(Cl)c1N1N=C(NC(=O)c2cccc([N+](=O)[O-])c2)CC1=O. The Balaban J connectivity index is 1.84. The van der Waals surface area contributed by atoms with Crippen LogP contribution in [0, 0.1) is 17.0 Å². The number of carbonyl (C=O) groups excluding carboxylic acids is 2. The van der Waals surface area contributed by atoms with Crippen molar-refractivity contribution in [3.8, 4) is 0 Å². The van der Waals surface area contributed by atoms with E-state index in [0.717, 1.165) is 11.1 Å². The lowest BCUT2D eigenvalue weighted by Gasteiger charge is -2.16. The number of hydrazone groups is 1. The lowest BCUT2D eigenvalue weighted by atomic mass is 10.2. The Kier molecular flexibility index (Phi) is 5.11. The van der Waals surface area contributed by atoms with Crippen LogP contribution in [0.1, 0.15) is 22.3 Å². The Hall–Kier alpha value is -2.97. The van der Waals surface area contributed by atoms with Crippen LogP contribution in [0.2, 0.25) is 10.0 Å². The number of hydrogen-bond acceptors (Lipinski definition) is 5. The first-order valence-electron chi connectivity index (χ1n) is 7.68. The number of carbonyl (C=O) groups is 2. The lowest BCUT2D eigenvalue weighted by Crippen LogP contribution is -2.29. The van der Waals surface area contributed by atoms with Crippen molar-refractivity contribution in [3.05, 3.63) is 67.7 Å². The number of benzene rings is 2. The van der Waals surface area contributed by atoms with Crippen molar-refractivity contribution in [3.63, 3.8) is 0 Å². The van der Waals surface area contributed by atoms with Crippen LogP contribution < -0.4 is 10.3 Å². The fourth-order valence-electron chi connectivity index (χ4n) is 2.60. The van der Waals surface area contributed by atoms with E-state index in [0.29, 0.717) is 16.3 Å². The molecular weight excluding hydrogens is 395 g/mol. The third kappa shape index (κ3) is 3.91. The predicted octanol–water partition coefficient (Wildman–Crippen LogP) is 3.69. The van der Waals surface area contributed by atoms with E-state index in [1.54, 1.807) is 13.0 Å². The number of nitro benzene ring substituents is 1. The molecule has 0 aromatic heterocycles. The van der Waals surface area contributed by atoms with Gasteiger partial charge in [-0.3, -0.25) is 19.7 Å². The third-order valence-corrected chi connectivity index (χ3v) is 4.29. The van der Waals surface area contributed by atoms with Crippen LogP contribution in [0.15, 0.2) is 41.5 Å². The smallest absolute Gasteiger partial charge is 0.270 e. The highest BCUT2D eigenvalue weighted by molar-refractivity contribution is 6.37. The molecule has 2 amide bonds. The lowest BCUT2D eigenvalue weighted by molar-refractivity contribution is -0.384. The molecule has 2 aromatic carbocycles. The van der Waals surface area contributed by atoms with Gasteiger partial charge in [0.2, 0.25) is 0 Å². The van der Waals surface area contributed by atoms with E-state index in [1.807, 2.05) is 0 Å². The fourth-order valence-corrected chi connectivity index (χ4v) is 3.28. The van der Waals surface area contributed by atoms with Crippen molar-refractivity contribution >= 4 is 52.2 Å². The normalized spacial score (nSPS) is 13.5. The van der Waals surface area contributed by atoms with Crippen LogP contribution in [0.5, 0.6) is 0 Å². The number of halogens is 2. The molecule has 0 unspecified atom stereocenters. The summed E-state index contributed by atoms with van der Waals surface area (Å²) in [7, 11) is 0. The summed E-state index contributed by atoms with van der Waals surface area (Å²) in [6, 6.07) is 8.39. The van der Waals surface area contributed by atoms with Gasteiger partial charge in [0.15, 0.2) is 0 Å². The summed E-state index contributed by atoms with van der Waals surface area (Å²) in [5.74, 6) is -0.871. The van der Waals surface area contributed by atoms with Crippen molar-refractivity contribution < 1.29 is 14.5 Å². The van der Waals surface area contributed by atoms with Crippen LogP contribution >= 0.6 is 23.2 Å². The first-order valence-corrected chi connectivity index (χ1v) is 8.43. The average Bonchev–Trinajstić information content (AvgIpc) is 2.94. The van der Waals surface area contributed by atoms with Crippen molar-refractivity contribution in [2.45, 2.75) is 13.3 Å². The summed E-state index contributed by atoms with van der Waals surface area (Å²) in [6.45, 7) is 1.73. The molecule has 0 spiro atoms. The Bertz CT molecular complexity index is 983. The maximum atomic E-state index is 12.3. The number of non-ortho nitro benzene ring substituents is 1. The minimum atomic E-state index is -0.606. The molecule has 1 aliphatic rings. The summed E-state index contributed by atoms with van der Waals surface area (Å²) in [5.41, 5.74) is 0.900. The second kappa shape index (κ2) is 7.34. The molecule has 0 aliphatic carbocycles. The number of nitrogens with zero attached hydrogens (tertiary/aromatic N) is 3. The van der Waals surface area contributed by atoms with Gasteiger partial charge in [-0.1, -0.05) is 29.3 Å². The molecule has 10 heteroatoms. The van der Waals surface area contributed by atoms with Crippen molar-refractivity contribution in [1.82, 2.24) is 5.32 Å². The standard InChI is InChI=1S/C17H12Cl2N4O4/c1-9-5-11(18)7-13(19)16(9)22-15(24)8-14(21-22)20-17(25)10-3-2-4-12(6-10)23(26)27/h2-7H,8H2,1H3,(H,20,21,25). The molecule has 1 aliphatic heterocycles. The molecule has 3 rings (SSSR count). The summed E-state index contributed by atoms with van der Waals surface area (Å²) in [4.78, 5) is 34.9. The van der Waals surface area contributed by atoms with Gasteiger partial charge < -0.3 is 5.32 Å². The van der Waals surface area contributed by atoms with Crippen LogP contribution in [-0.4, -0.2) is 22.6 Å². The van der Waals surface area contributed by atoms with Gasteiger partial charge in [0.25, 0.3) is 17.5 Å². The van der Waals surface area contributed by atoms with Crippen LogP contribution in [-0.2, 0) is 4.79 Å². The van der Waals surface area contributed by atoms with Crippen LogP contribution in [0.4, 0.5) is 11.4 Å². The largest absolute Gasteiger partial charge is 0.308 e. The first kappa shape index (κ1) is 18.8. The maximum absolute atomic E-state index is 12.3. The molecule has 0 radical (unpaired) electrons. The van der Waals surface area contributed by atoms with Gasteiger partial charge in [-0.05, 0) is 30.7 Å². The predicted molar refractivity (Wildman–Crippen MR) is 101 cm³/mol. The Morgan fingerprint density at radius 2 is 2.04 bits per heavy atom. The second-order valence-corrected chi connectivity index (χ2v) is 6.59. The zero-order valence-corrected chi connectivity index (χ0v) is 15.4. The van der Waals surface area contributed by atoms with E-state index in [9.17, 15) is 19.7 Å². The topological polar surface area (TPSA) is 105 Å². The Labute approximate surface area is 163 Å². The maximum Gasteiger partial charge on any atom is 0.270 e. The number of rotatable bonds is 3. The van der Waals surface area contributed by atoms with Gasteiger partial charge in [0.05, 0.1) is 22.1 Å². The summed E-state index contributed by atoms with van der Waals surface area (Å²) >= 11 is 12.1. The number of amides is 2. The Morgan fingerprint density at radius 3 is 2.70 bits per heavy atom. The van der Waals surface area contributed by atoms with Crippen molar-refractivity contribution in [2.24, 2.45) is 5.10 Å². The second-order valence-electron chi connectivity index (χ2n) is 5.74. The molecule has 2 aromatic rings. The molecule has 1 heterocycles. The molecular formula is C17H12Cl2N4O4. The zero-order chi connectivity index (χ0) is 19.7. The van der Waals surface area contributed by atoms with Crippen molar-refractivity contribution in [1.29, 1.82) is 0 Å². The molecule has 138 valence electrons. The van der Waals surface area contributed by atoms with E-state index in [4.69, 9.17) is 23.2 Å². The van der Waals surface area contributed by atoms with E-state index < -0.39 is 10.8 Å². The van der Waals surface area contributed by atoms with Gasteiger partial charge in [-0.15, -0.1) is 0 Å². The van der Waals surface area contributed by atoms with Crippen LogP contribution in [0.25, 0.3) is 0 Å². The molecule has 8 nitrogen and oxygen atoms in total. The molecule has 0 fully saturated rings. The highest BCUT2D eigenvalue weighted by Crippen LogP contribution is 2.34. The molecule has 0 bridgehead atoms. The van der Waals surface area contributed by atoms with Gasteiger partial charge in [-0.25, -0.2) is 0 Å². The average molecular weight is 407 g/mol. The summed E-state index contributed by atoms with van der Waals surface area (Å²) in [5, 5.41) is 19.2. The number of hydrogen-bond donors (Lipinski definition) is 1. The van der Waals surface area contributed by atoms with Crippen LogP contribution in [0.3, 0.4) is 0 Å². The zero-order valence-electron chi connectivity index (χ0n) is 13.9. The number of nitro groups is 1. The van der Waals surface area contributed by atoms with Gasteiger partial charge >= 0.3 is 0 Å². The minimum absolute atomic E-state index is 0.0819. The number of aryl methyl sites for hydroxylation is 1. The van der Waals surface area contributed by atoms with E-state index in [1.165, 1.54) is 24.3 Å². The van der Waals surface area contributed by atoms with E-state index in [2.05, 4.69) is 10.4 Å². The number of amidine groups is 1. The first-order chi connectivity index (χ1) is 12.8. The highest BCUT2D eigenvalue weighted by Gasteiger charge is 2.29. The van der Waals surface area contributed by atoms with Gasteiger partial charge in [-0.2, -0.15) is 10.1 Å². The molecule has 0 saturated carbocycles. The fraction of sp³-hybridized carbons (Fsp3) is 0.118. The molecule has 0 saturated heterocycles. The van der Waals surface area contributed by atoms with E-state index >= 15 is 0 Å². The summed E-state index contributed by atoms with van der Waals surface area (Å²) in [6.07, 6.45) is -0.140. The highest BCUT2D eigenvalue weighted by atomic mass is 35.5. The molecule has 0 atom stereocenters. The Morgan fingerprint density at radius 1 is 1.30 bits per heavy atom.